The summed E-state index contributed by atoms with van der Waals surface area (Å²) >= 11 is 0. The summed E-state index contributed by atoms with van der Waals surface area (Å²) in [7, 11) is 0. The Morgan fingerprint density at radius 3 is 2.76 bits per heavy atom. The van der Waals surface area contributed by atoms with E-state index in [0.29, 0.717) is 6.61 Å². The molecule has 0 aliphatic carbocycles. The second kappa shape index (κ2) is 7.09. The van der Waals surface area contributed by atoms with Gasteiger partial charge in [0.15, 0.2) is 0 Å². The molecule has 3 N–H and O–H groups in total. The van der Waals surface area contributed by atoms with Gasteiger partial charge in [-0.05, 0) is 23.3 Å². The third kappa shape index (κ3) is 3.73. The molecule has 4 nitrogen and oxygen atoms in total. The maximum Gasteiger partial charge on any atom is 0.320 e. The normalized spacial score (nSPS) is 12.3. The lowest BCUT2D eigenvalue weighted by atomic mass is 9.98. The summed E-state index contributed by atoms with van der Waals surface area (Å²) in [6, 6.07) is 10.8. The van der Waals surface area contributed by atoms with E-state index in [1.807, 2.05) is 36.4 Å². The number of unbranched alkanes of at least 4 members (excludes halogenated alkanes) is 1. The van der Waals surface area contributed by atoms with Crippen LogP contribution in [0.1, 0.15) is 25.3 Å². The van der Waals surface area contributed by atoms with E-state index in [1.54, 1.807) is 0 Å². The minimum Gasteiger partial charge on any atom is -0.493 e. The molecular formula is C17H21NO3. The lowest BCUT2D eigenvalue weighted by Gasteiger charge is -2.16. The molecule has 0 aliphatic heterocycles. The van der Waals surface area contributed by atoms with Crippen LogP contribution < -0.4 is 10.5 Å². The van der Waals surface area contributed by atoms with Crippen molar-refractivity contribution in [2.45, 2.75) is 32.2 Å². The van der Waals surface area contributed by atoms with Gasteiger partial charge in [0.2, 0.25) is 0 Å². The standard InChI is InChI=1S/C17H21NO3/c1-2-3-10-21-16-9-8-12-6-4-5-7-13(12)14(16)11-15(18)17(19)20/h4-9,15H,2-3,10-11,18H2,1H3,(H,19,20). The molecule has 0 amide bonds. The Morgan fingerprint density at radius 2 is 2.05 bits per heavy atom. The summed E-state index contributed by atoms with van der Waals surface area (Å²) in [6.07, 6.45) is 2.28. The van der Waals surface area contributed by atoms with Crippen molar-refractivity contribution in [3.63, 3.8) is 0 Å². The number of hydrogen-bond acceptors (Lipinski definition) is 3. The summed E-state index contributed by atoms with van der Waals surface area (Å²) in [4.78, 5) is 11.0. The number of ether oxygens (including phenoxy) is 1. The van der Waals surface area contributed by atoms with E-state index >= 15 is 0 Å². The second-order valence-electron chi connectivity index (χ2n) is 5.11. The van der Waals surface area contributed by atoms with Crippen molar-refractivity contribution < 1.29 is 14.6 Å². The first-order chi connectivity index (χ1) is 10.1. The van der Waals surface area contributed by atoms with Gasteiger partial charge in [0, 0.05) is 12.0 Å². The summed E-state index contributed by atoms with van der Waals surface area (Å²) in [5.74, 6) is -0.263. The molecule has 0 heterocycles. The highest BCUT2D eigenvalue weighted by atomic mass is 16.5. The number of fused-ring (bicyclic) bond motifs is 1. The minimum atomic E-state index is -0.998. The summed E-state index contributed by atoms with van der Waals surface area (Å²) < 4.78 is 5.82. The molecule has 0 saturated heterocycles. The highest BCUT2D eigenvalue weighted by Gasteiger charge is 2.17. The maximum absolute atomic E-state index is 11.0. The molecule has 0 radical (unpaired) electrons. The first kappa shape index (κ1) is 15.3. The van der Waals surface area contributed by atoms with Gasteiger partial charge in [0.25, 0.3) is 0 Å². The van der Waals surface area contributed by atoms with Gasteiger partial charge < -0.3 is 15.6 Å². The van der Waals surface area contributed by atoms with E-state index in [-0.39, 0.29) is 6.42 Å². The first-order valence-corrected chi connectivity index (χ1v) is 7.25. The average molecular weight is 287 g/mol. The van der Waals surface area contributed by atoms with E-state index in [2.05, 4.69) is 6.92 Å². The fourth-order valence-corrected chi connectivity index (χ4v) is 2.30. The summed E-state index contributed by atoms with van der Waals surface area (Å²) in [5.41, 5.74) is 6.58. The Kier molecular flexibility index (Phi) is 5.17. The molecule has 0 aliphatic rings. The minimum absolute atomic E-state index is 0.262. The summed E-state index contributed by atoms with van der Waals surface area (Å²) in [5, 5.41) is 11.1. The van der Waals surface area contributed by atoms with Gasteiger partial charge in [-0.3, -0.25) is 4.79 Å². The molecule has 1 unspecified atom stereocenters. The van der Waals surface area contributed by atoms with Crippen LogP contribution in [0.4, 0.5) is 0 Å². The largest absolute Gasteiger partial charge is 0.493 e. The Bertz CT molecular complexity index is 624. The second-order valence-corrected chi connectivity index (χ2v) is 5.11. The van der Waals surface area contributed by atoms with Crippen LogP contribution in [0.3, 0.4) is 0 Å². The molecule has 112 valence electrons. The number of benzene rings is 2. The van der Waals surface area contributed by atoms with Gasteiger partial charge in [-0.1, -0.05) is 43.7 Å². The van der Waals surface area contributed by atoms with Crippen molar-refractivity contribution in [3.8, 4) is 5.75 Å². The predicted octanol–water partition coefficient (Wildman–Crippen LogP) is 2.97. The SMILES string of the molecule is CCCCOc1ccc2ccccc2c1CC(N)C(=O)O. The topological polar surface area (TPSA) is 72.5 Å². The fraction of sp³-hybridized carbons (Fsp3) is 0.353. The quantitative estimate of drug-likeness (QED) is 0.768. The number of hydrogen-bond donors (Lipinski definition) is 2. The van der Waals surface area contributed by atoms with E-state index in [1.165, 1.54) is 0 Å². The number of rotatable bonds is 7. The number of carbonyl (C=O) groups is 1. The third-order valence-corrected chi connectivity index (χ3v) is 3.49. The van der Waals surface area contributed by atoms with Crippen molar-refractivity contribution in [1.82, 2.24) is 0 Å². The van der Waals surface area contributed by atoms with Crippen LogP contribution in [0.15, 0.2) is 36.4 Å². The van der Waals surface area contributed by atoms with Gasteiger partial charge in [-0.2, -0.15) is 0 Å². The van der Waals surface area contributed by atoms with Crippen LogP contribution in [0.5, 0.6) is 5.75 Å². The first-order valence-electron chi connectivity index (χ1n) is 7.25. The predicted molar refractivity (Wildman–Crippen MR) is 83.7 cm³/mol. The zero-order valence-corrected chi connectivity index (χ0v) is 12.2. The number of carboxylic acid groups (broad SMARTS) is 1. The van der Waals surface area contributed by atoms with Gasteiger partial charge in [-0.15, -0.1) is 0 Å². The lowest BCUT2D eigenvalue weighted by molar-refractivity contribution is -0.138. The highest BCUT2D eigenvalue weighted by Crippen LogP contribution is 2.29. The van der Waals surface area contributed by atoms with Gasteiger partial charge in [0.05, 0.1) is 6.61 Å². The molecule has 0 fully saturated rings. The molecule has 1 atom stereocenters. The molecular weight excluding hydrogens is 266 g/mol. The average Bonchev–Trinajstić information content (AvgIpc) is 2.49. The molecule has 2 aromatic rings. The summed E-state index contributed by atoms with van der Waals surface area (Å²) in [6.45, 7) is 2.73. The smallest absolute Gasteiger partial charge is 0.320 e. The van der Waals surface area contributed by atoms with Crippen LogP contribution >= 0.6 is 0 Å². The number of aliphatic carboxylic acids is 1. The number of nitrogens with two attached hydrogens (primary N) is 1. The van der Waals surface area contributed by atoms with Gasteiger partial charge in [-0.25, -0.2) is 0 Å². The number of carboxylic acids is 1. The molecule has 21 heavy (non-hydrogen) atoms. The van der Waals surface area contributed by atoms with E-state index < -0.39 is 12.0 Å². The van der Waals surface area contributed by atoms with Crippen LogP contribution in [-0.4, -0.2) is 23.7 Å². The van der Waals surface area contributed by atoms with Crippen LogP contribution in [0.2, 0.25) is 0 Å². The third-order valence-electron chi connectivity index (χ3n) is 3.49. The Morgan fingerprint density at radius 1 is 1.29 bits per heavy atom. The monoisotopic (exact) mass is 287 g/mol. The Labute approximate surface area is 124 Å². The molecule has 0 spiro atoms. The maximum atomic E-state index is 11.0. The van der Waals surface area contributed by atoms with E-state index in [0.717, 1.165) is 34.9 Å². The van der Waals surface area contributed by atoms with Crippen molar-refractivity contribution in [3.05, 3.63) is 42.0 Å². The zero-order valence-electron chi connectivity index (χ0n) is 12.2. The van der Waals surface area contributed by atoms with Crippen LogP contribution in [-0.2, 0) is 11.2 Å². The Balaban J connectivity index is 2.39. The van der Waals surface area contributed by atoms with E-state index in [4.69, 9.17) is 15.6 Å². The zero-order chi connectivity index (χ0) is 15.2. The Hall–Kier alpha value is -2.07. The molecule has 0 saturated carbocycles. The van der Waals surface area contributed by atoms with Crippen LogP contribution in [0, 0.1) is 0 Å². The van der Waals surface area contributed by atoms with Crippen LogP contribution in [0.25, 0.3) is 10.8 Å². The molecule has 2 aromatic carbocycles. The van der Waals surface area contributed by atoms with Crippen molar-refractivity contribution in [2.75, 3.05) is 6.61 Å². The van der Waals surface area contributed by atoms with E-state index in [9.17, 15) is 4.79 Å². The molecule has 0 bridgehead atoms. The fourth-order valence-electron chi connectivity index (χ4n) is 2.30. The van der Waals surface area contributed by atoms with Gasteiger partial charge >= 0.3 is 5.97 Å². The van der Waals surface area contributed by atoms with Crippen molar-refractivity contribution >= 4 is 16.7 Å². The van der Waals surface area contributed by atoms with Gasteiger partial charge in [0.1, 0.15) is 11.8 Å². The molecule has 4 heteroatoms. The molecule has 0 aromatic heterocycles. The van der Waals surface area contributed by atoms with Crippen molar-refractivity contribution in [1.29, 1.82) is 0 Å². The molecule has 2 rings (SSSR count). The van der Waals surface area contributed by atoms with Crippen molar-refractivity contribution in [2.24, 2.45) is 5.73 Å². The lowest BCUT2D eigenvalue weighted by Crippen LogP contribution is -2.32. The highest BCUT2D eigenvalue weighted by molar-refractivity contribution is 5.88.